The Morgan fingerprint density at radius 3 is 2.25 bits per heavy atom. The highest BCUT2D eigenvalue weighted by atomic mass is 35.5. The van der Waals surface area contributed by atoms with Crippen molar-refractivity contribution in [3.05, 3.63) is 33.2 Å². The van der Waals surface area contributed by atoms with Gasteiger partial charge in [-0.25, -0.2) is 5.01 Å². The number of anilines is 1. The third kappa shape index (κ3) is 1.68. The number of benzene rings is 1. The number of nitrogens with zero attached hydrogens (tertiary/aromatic N) is 2. The average Bonchev–Trinajstić information content (AvgIpc) is 2.03. The predicted molar refractivity (Wildman–Crippen MR) is 50.7 cm³/mol. The van der Waals surface area contributed by atoms with Gasteiger partial charge in [-0.15, -0.1) is 4.91 Å². The van der Waals surface area contributed by atoms with Gasteiger partial charge in [0.25, 0.3) is 0 Å². The molecule has 1 rings (SSSR count). The highest BCUT2D eigenvalue weighted by Gasteiger charge is 2.09. The first-order chi connectivity index (χ1) is 5.66. The Morgan fingerprint density at radius 1 is 1.33 bits per heavy atom. The van der Waals surface area contributed by atoms with Crippen LogP contribution >= 0.6 is 23.2 Å². The SMILES string of the molecule is CN(N=O)c1c(Cl)cccc1Cl. The van der Waals surface area contributed by atoms with Gasteiger partial charge in [0.15, 0.2) is 0 Å². The first-order valence-electron chi connectivity index (χ1n) is 3.18. The Kier molecular flexibility index (Phi) is 2.89. The van der Waals surface area contributed by atoms with E-state index < -0.39 is 0 Å². The summed E-state index contributed by atoms with van der Waals surface area (Å²) < 4.78 is 0. The molecule has 0 spiro atoms. The minimum atomic E-state index is 0.407. The summed E-state index contributed by atoms with van der Waals surface area (Å²) in [6, 6.07) is 4.99. The molecule has 0 unspecified atom stereocenters. The Hall–Kier alpha value is -0.800. The van der Waals surface area contributed by atoms with E-state index in [1.165, 1.54) is 7.05 Å². The third-order valence-electron chi connectivity index (χ3n) is 1.38. The van der Waals surface area contributed by atoms with Gasteiger partial charge in [0.2, 0.25) is 0 Å². The first-order valence-corrected chi connectivity index (χ1v) is 3.93. The number of halogens is 2. The van der Waals surface area contributed by atoms with Crippen LogP contribution in [0.25, 0.3) is 0 Å². The normalized spacial score (nSPS) is 9.58. The van der Waals surface area contributed by atoms with Crippen molar-refractivity contribution in [3.63, 3.8) is 0 Å². The van der Waals surface area contributed by atoms with E-state index in [2.05, 4.69) is 5.29 Å². The molecular formula is C7H6Cl2N2O. The van der Waals surface area contributed by atoms with E-state index in [0.29, 0.717) is 15.7 Å². The van der Waals surface area contributed by atoms with Crippen molar-refractivity contribution < 1.29 is 0 Å². The lowest BCUT2D eigenvalue weighted by molar-refractivity contribution is 1.00. The monoisotopic (exact) mass is 204 g/mol. The third-order valence-corrected chi connectivity index (χ3v) is 1.99. The van der Waals surface area contributed by atoms with E-state index in [4.69, 9.17) is 23.2 Å². The van der Waals surface area contributed by atoms with Crippen LogP contribution < -0.4 is 5.01 Å². The quantitative estimate of drug-likeness (QED) is 0.548. The van der Waals surface area contributed by atoms with E-state index in [0.717, 1.165) is 5.01 Å². The topological polar surface area (TPSA) is 32.7 Å². The van der Waals surface area contributed by atoms with Crippen molar-refractivity contribution in [2.24, 2.45) is 5.29 Å². The van der Waals surface area contributed by atoms with Crippen molar-refractivity contribution in [3.8, 4) is 0 Å². The Balaban J connectivity index is 3.20. The molecule has 0 amide bonds. The molecule has 64 valence electrons. The van der Waals surface area contributed by atoms with Gasteiger partial charge in [-0.1, -0.05) is 29.3 Å². The molecule has 0 heterocycles. The summed E-state index contributed by atoms with van der Waals surface area (Å²) in [6.45, 7) is 0. The molecule has 0 radical (unpaired) electrons. The van der Waals surface area contributed by atoms with Crippen LogP contribution in [-0.2, 0) is 0 Å². The highest BCUT2D eigenvalue weighted by molar-refractivity contribution is 6.39. The largest absolute Gasteiger partial charge is 0.229 e. The maximum Gasteiger partial charge on any atom is 0.0995 e. The molecular weight excluding hydrogens is 199 g/mol. The first kappa shape index (κ1) is 9.29. The molecule has 0 saturated carbocycles. The smallest absolute Gasteiger partial charge is 0.0995 e. The van der Waals surface area contributed by atoms with Crippen LogP contribution in [0.2, 0.25) is 10.0 Å². The molecule has 0 aliphatic rings. The van der Waals surface area contributed by atoms with E-state index in [1.54, 1.807) is 18.2 Å². The average molecular weight is 205 g/mol. The van der Waals surface area contributed by atoms with Crippen LogP contribution in [0.4, 0.5) is 5.69 Å². The molecule has 0 atom stereocenters. The summed E-state index contributed by atoms with van der Waals surface area (Å²) in [6.07, 6.45) is 0. The van der Waals surface area contributed by atoms with Crippen LogP contribution in [0.5, 0.6) is 0 Å². The lowest BCUT2D eigenvalue weighted by atomic mass is 10.3. The highest BCUT2D eigenvalue weighted by Crippen LogP contribution is 2.32. The Bertz CT molecular complexity index is 283. The number of nitroso groups, excluding NO2 is 1. The van der Waals surface area contributed by atoms with E-state index in [-0.39, 0.29) is 0 Å². The second kappa shape index (κ2) is 3.74. The zero-order valence-corrected chi connectivity index (χ0v) is 7.80. The number of rotatable bonds is 2. The molecule has 0 aliphatic carbocycles. The van der Waals surface area contributed by atoms with Crippen molar-refractivity contribution in [1.82, 2.24) is 0 Å². The summed E-state index contributed by atoms with van der Waals surface area (Å²) in [7, 11) is 1.49. The van der Waals surface area contributed by atoms with Crippen LogP contribution in [0.15, 0.2) is 23.5 Å². The maximum atomic E-state index is 10.2. The van der Waals surface area contributed by atoms with Crippen molar-refractivity contribution in [2.75, 3.05) is 12.1 Å². The number of para-hydroxylation sites is 1. The molecule has 0 saturated heterocycles. The van der Waals surface area contributed by atoms with Gasteiger partial charge in [-0.2, -0.15) is 0 Å². The van der Waals surface area contributed by atoms with Crippen molar-refractivity contribution >= 4 is 28.9 Å². The number of hydrogen-bond donors (Lipinski definition) is 0. The van der Waals surface area contributed by atoms with Crippen LogP contribution in [0, 0.1) is 4.91 Å². The van der Waals surface area contributed by atoms with Crippen molar-refractivity contribution in [1.29, 1.82) is 0 Å². The maximum absolute atomic E-state index is 10.2. The zero-order valence-electron chi connectivity index (χ0n) is 6.29. The van der Waals surface area contributed by atoms with Crippen LogP contribution in [0.1, 0.15) is 0 Å². The zero-order chi connectivity index (χ0) is 9.14. The summed E-state index contributed by atoms with van der Waals surface area (Å²) >= 11 is 11.6. The molecule has 0 aromatic heterocycles. The predicted octanol–water partition coefficient (Wildman–Crippen LogP) is 3.11. The molecule has 3 nitrogen and oxygen atoms in total. The minimum Gasteiger partial charge on any atom is -0.229 e. The minimum absolute atomic E-state index is 0.407. The van der Waals surface area contributed by atoms with Crippen LogP contribution in [0.3, 0.4) is 0 Å². The summed E-state index contributed by atoms with van der Waals surface area (Å²) in [5.74, 6) is 0. The Labute approximate surface area is 79.8 Å². The van der Waals surface area contributed by atoms with Gasteiger partial charge in [-0.05, 0) is 12.1 Å². The van der Waals surface area contributed by atoms with Crippen LogP contribution in [-0.4, -0.2) is 7.05 Å². The Morgan fingerprint density at radius 2 is 1.83 bits per heavy atom. The fourth-order valence-electron chi connectivity index (χ4n) is 0.839. The standard InChI is InChI=1S/C7H6Cl2N2O/c1-11(10-12)7-5(8)3-2-4-6(7)9/h2-4H,1H3. The molecule has 12 heavy (non-hydrogen) atoms. The van der Waals surface area contributed by atoms with Gasteiger partial charge in [0.1, 0.15) is 0 Å². The van der Waals surface area contributed by atoms with Gasteiger partial charge >= 0.3 is 0 Å². The molecule has 0 N–H and O–H groups in total. The summed E-state index contributed by atoms with van der Waals surface area (Å²) in [5.41, 5.74) is 0.427. The fourth-order valence-corrected chi connectivity index (χ4v) is 1.48. The number of hydrogen-bond acceptors (Lipinski definition) is 2. The van der Waals surface area contributed by atoms with Crippen molar-refractivity contribution in [2.45, 2.75) is 0 Å². The summed E-state index contributed by atoms with van der Waals surface area (Å²) in [5, 5.41) is 4.60. The molecule has 1 aromatic rings. The lowest BCUT2D eigenvalue weighted by Gasteiger charge is -2.11. The van der Waals surface area contributed by atoms with Gasteiger partial charge in [-0.3, -0.25) is 0 Å². The lowest BCUT2D eigenvalue weighted by Crippen LogP contribution is -2.07. The summed E-state index contributed by atoms with van der Waals surface area (Å²) in [4.78, 5) is 10.2. The van der Waals surface area contributed by atoms with Gasteiger partial charge in [0.05, 0.1) is 21.0 Å². The second-order valence-electron chi connectivity index (χ2n) is 2.18. The molecule has 0 bridgehead atoms. The van der Waals surface area contributed by atoms with Gasteiger partial charge in [0, 0.05) is 7.05 Å². The van der Waals surface area contributed by atoms with Gasteiger partial charge < -0.3 is 0 Å². The molecule has 0 fully saturated rings. The second-order valence-corrected chi connectivity index (χ2v) is 2.99. The molecule has 5 heteroatoms. The van der Waals surface area contributed by atoms with E-state index in [9.17, 15) is 4.91 Å². The molecule has 0 aliphatic heterocycles. The van der Waals surface area contributed by atoms with E-state index >= 15 is 0 Å². The molecule has 1 aromatic carbocycles. The van der Waals surface area contributed by atoms with E-state index in [1.807, 2.05) is 0 Å². The fraction of sp³-hybridized carbons (Fsp3) is 0.143.